The molecule has 2 atom stereocenters. The summed E-state index contributed by atoms with van der Waals surface area (Å²) in [6.45, 7) is 8.40. The molecule has 0 saturated heterocycles. The third-order valence-corrected chi connectivity index (χ3v) is 4.88. The number of aromatic nitrogens is 2. The summed E-state index contributed by atoms with van der Waals surface area (Å²) in [7, 11) is 0. The molecule has 0 amide bonds. The Balaban J connectivity index is 1.81. The molecule has 1 aliphatic carbocycles. The van der Waals surface area contributed by atoms with Gasteiger partial charge in [-0.3, -0.25) is 4.68 Å². The van der Waals surface area contributed by atoms with Gasteiger partial charge in [-0.2, -0.15) is 16.9 Å². The van der Waals surface area contributed by atoms with E-state index >= 15 is 0 Å². The van der Waals surface area contributed by atoms with Crippen LogP contribution in [0.1, 0.15) is 44.5 Å². The number of hydrogen-bond donors (Lipinski definition) is 1. The second-order valence-electron chi connectivity index (χ2n) is 5.06. The first kappa shape index (κ1) is 13.9. The van der Waals surface area contributed by atoms with Gasteiger partial charge in [0.2, 0.25) is 0 Å². The lowest BCUT2D eigenvalue weighted by Gasteiger charge is -2.13. The Morgan fingerprint density at radius 2 is 2.28 bits per heavy atom. The molecule has 1 aromatic rings. The third kappa shape index (κ3) is 3.51. The number of nitrogens with one attached hydrogen (secondary N) is 1. The van der Waals surface area contributed by atoms with E-state index in [2.05, 4.69) is 53.7 Å². The van der Waals surface area contributed by atoms with Crippen molar-refractivity contribution in [1.29, 1.82) is 0 Å². The minimum atomic E-state index is 0.703. The van der Waals surface area contributed by atoms with Gasteiger partial charge in [0.15, 0.2) is 0 Å². The standard InChI is InChI=1S/C14H25N3S/c1-4-17-13(8-11(3)16-17)10-15-12-6-7-14(9-12)18-5-2/h8,12,14-15H,4-7,9-10H2,1-3H3. The van der Waals surface area contributed by atoms with Gasteiger partial charge in [-0.25, -0.2) is 0 Å². The fourth-order valence-corrected chi connectivity index (χ4v) is 3.92. The van der Waals surface area contributed by atoms with Crippen LogP contribution in [0.3, 0.4) is 0 Å². The highest BCUT2D eigenvalue weighted by Crippen LogP contribution is 2.29. The Kier molecular flexibility index (Phi) is 5.13. The Hall–Kier alpha value is -0.480. The molecular weight excluding hydrogens is 242 g/mol. The average molecular weight is 267 g/mol. The molecule has 1 fully saturated rings. The first-order valence-corrected chi connectivity index (χ1v) is 8.16. The second kappa shape index (κ2) is 6.62. The van der Waals surface area contributed by atoms with Gasteiger partial charge < -0.3 is 5.32 Å². The van der Waals surface area contributed by atoms with E-state index in [1.54, 1.807) is 0 Å². The van der Waals surface area contributed by atoms with E-state index in [1.165, 1.54) is 30.7 Å². The maximum absolute atomic E-state index is 4.49. The zero-order valence-corrected chi connectivity index (χ0v) is 12.6. The normalized spacial score (nSPS) is 23.7. The molecule has 2 unspecified atom stereocenters. The molecule has 1 aromatic heterocycles. The Morgan fingerprint density at radius 3 is 3.00 bits per heavy atom. The van der Waals surface area contributed by atoms with Crippen molar-refractivity contribution < 1.29 is 0 Å². The van der Waals surface area contributed by atoms with Crippen LogP contribution in [0.15, 0.2) is 6.07 Å². The molecule has 1 N–H and O–H groups in total. The second-order valence-corrected chi connectivity index (χ2v) is 6.64. The van der Waals surface area contributed by atoms with E-state index < -0.39 is 0 Å². The zero-order valence-electron chi connectivity index (χ0n) is 11.8. The van der Waals surface area contributed by atoms with Crippen molar-refractivity contribution in [2.24, 2.45) is 0 Å². The maximum atomic E-state index is 4.49. The van der Waals surface area contributed by atoms with Gasteiger partial charge >= 0.3 is 0 Å². The van der Waals surface area contributed by atoms with E-state index in [-0.39, 0.29) is 0 Å². The highest BCUT2D eigenvalue weighted by Gasteiger charge is 2.24. The van der Waals surface area contributed by atoms with Crippen LogP contribution in [-0.2, 0) is 13.1 Å². The van der Waals surface area contributed by atoms with Crippen molar-refractivity contribution in [2.75, 3.05) is 5.75 Å². The fourth-order valence-electron chi connectivity index (χ4n) is 2.78. The van der Waals surface area contributed by atoms with Crippen molar-refractivity contribution in [1.82, 2.24) is 15.1 Å². The number of thioether (sulfide) groups is 1. The molecule has 0 spiro atoms. The van der Waals surface area contributed by atoms with E-state index in [0.29, 0.717) is 6.04 Å². The number of hydrogen-bond acceptors (Lipinski definition) is 3. The van der Waals surface area contributed by atoms with Crippen LogP contribution in [0.2, 0.25) is 0 Å². The van der Waals surface area contributed by atoms with Gasteiger partial charge in [-0.05, 0) is 44.9 Å². The Labute approximate surface area is 115 Å². The van der Waals surface area contributed by atoms with Gasteiger partial charge in [0.25, 0.3) is 0 Å². The molecule has 0 aliphatic heterocycles. The predicted molar refractivity (Wildman–Crippen MR) is 79.0 cm³/mol. The van der Waals surface area contributed by atoms with E-state index in [4.69, 9.17) is 0 Å². The fraction of sp³-hybridized carbons (Fsp3) is 0.786. The molecule has 3 nitrogen and oxygen atoms in total. The smallest absolute Gasteiger partial charge is 0.0597 e. The molecule has 102 valence electrons. The summed E-state index contributed by atoms with van der Waals surface area (Å²) >= 11 is 2.12. The first-order chi connectivity index (χ1) is 8.72. The molecule has 0 aromatic carbocycles. The molecular formula is C14H25N3S. The molecule has 18 heavy (non-hydrogen) atoms. The summed E-state index contributed by atoms with van der Waals surface area (Å²) in [5.41, 5.74) is 2.45. The van der Waals surface area contributed by atoms with Gasteiger partial charge in [0.05, 0.1) is 11.4 Å². The SMILES string of the molecule is CCSC1CCC(NCc2cc(C)nn2CC)C1. The van der Waals surface area contributed by atoms with E-state index in [1.807, 2.05) is 0 Å². The van der Waals surface area contributed by atoms with E-state index in [9.17, 15) is 0 Å². The highest BCUT2D eigenvalue weighted by molar-refractivity contribution is 7.99. The largest absolute Gasteiger partial charge is 0.308 e. The summed E-state index contributed by atoms with van der Waals surface area (Å²) in [5, 5.41) is 9.07. The Bertz CT molecular complexity index is 375. The third-order valence-electron chi connectivity index (χ3n) is 3.64. The summed E-state index contributed by atoms with van der Waals surface area (Å²) in [5.74, 6) is 1.25. The lowest BCUT2D eigenvalue weighted by atomic mass is 10.2. The lowest BCUT2D eigenvalue weighted by Crippen LogP contribution is -2.27. The molecule has 4 heteroatoms. The van der Waals surface area contributed by atoms with Crippen LogP contribution >= 0.6 is 11.8 Å². The van der Waals surface area contributed by atoms with Crippen molar-refractivity contribution >= 4 is 11.8 Å². The summed E-state index contributed by atoms with van der Waals surface area (Å²) in [6, 6.07) is 2.90. The molecule has 1 aliphatic rings. The van der Waals surface area contributed by atoms with Crippen LogP contribution < -0.4 is 5.32 Å². The highest BCUT2D eigenvalue weighted by atomic mass is 32.2. The van der Waals surface area contributed by atoms with Crippen LogP contribution in [0.4, 0.5) is 0 Å². The van der Waals surface area contributed by atoms with E-state index in [0.717, 1.165) is 24.0 Å². The number of nitrogens with zero attached hydrogens (tertiary/aromatic N) is 2. The van der Waals surface area contributed by atoms with Crippen molar-refractivity contribution in [3.8, 4) is 0 Å². The van der Waals surface area contributed by atoms with Crippen molar-refractivity contribution in [3.63, 3.8) is 0 Å². The molecule has 2 rings (SSSR count). The molecule has 0 radical (unpaired) electrons. The number of aryl methyl sites for hydroxylation is 2. The first-order valence-electron chi connectivity index (χ1n) is 7.11. The molecule has 1 saturated carbocycles. The Morgan fingerprint density at radius 1 is 1.44 bits per heavy atom. The predicted octanol–water partition coefficient (Wildman–Crippen LogP) is 2.98. The summed E-state index contributed by atoms with van der Waals surface area (Å²) in [6.07, 6.45) is 4.04. The van der Waals surface area contributed by atoms with Crippen molar-refractivity contribution in [3.05, 3.63) is 17.5 Å². The summed E-state index contributed by atoms with van der Waals surface area (Å²) in [4.78, 5) is 0. The molecule has 0 bridgehead atoms. The van der Waals surface area contributed by atoms with Crippen LogP contribution in [0.5, 0.6) is 0 Å². The molecule has 1 heterocycles. The quantitative estimate of drug-likeness (QED) is 0.859. The summed E-state index contributed by atoms with van der Waals surface area (Å²) < 4.78 is 2.11. The topological polar surface area (TPSA) is 29.9 Å². The van der Waals surface area contributed by atoms with Gasteiger partial charge in [0, 0.05) is 24.4 Å². The van der Waals surface area contributed by atoms with Gasteiger partial charge in [-0.1, -0.05) is 6.92 Å². The average Bonchev–Trinajstić information content (AvgIpc) is 2.93. The monoisotopic (exact) mass is 267 g/mol. The van der Waals surface area contributed by atoms with Crippen molar-refractivity contribution in [2.45, 2.75) is 64.4 Å². The van der Waals surface area contributed by atoms with Crippen LogP contribution in [0, 0.1) is 6.92 Å². The van der Waals surface area contributed by atoms with Crippen LogP contribution in [-0.4, -0.2) is 26.8 Å². The van der Waals surface area contributed by atoms with Gasteiger partial charge in [-0.15, -0.1) is 0 Å². The minimum absolute atomic E-state index is 0.703. The number of rotatable bonds is 6. The van der Waals surface area contributed by atoms with Crippen LogP contribution in [0.25, 0.3) is 0 Å². The zero-order chi connectivity index (χ0) is 13.0. The minimum Gasteiger partial charge on any atom is -0.308 e. The van der Waals surface area contributed by atoms with Gasteiger partial charge in [0.1, 0.15) is 0 Å². The lowest BCUT2D eigenvalue weighted by molar-refractivity contribution is 0.499. The maximum Gasteiger partial charge on any atom is 0.0597 e.